The number of rotatable bonds is 3. The van der Waals surface area contributed by atoms with Crippen LogP contribution in [0.1, 0.15) is 21.5 Å². The Kier molecular flexibility index (Phi) is 4.63. The van der Waals surface area contributed by atoms with Crippen LogP contribution in [0.4, 0.5) is 0 Å². The van der Waals surface area contributed by atoms with Gasteiger partial charge in [-0.25, -0.2) is 4.98 Å². The Morgan fingerprint density at radius 3 is 2.45 bits per heavy atom. The maximum Gasteiger partial charge on any atom is 0.254 e. The molecule has 0 aliphatic rings. The van der Waals surface area contributed by atoms with Crippen molar-refractivity contribution < 1.29 is 4.79 Å². The third kappa shape index (κ3) is 3.71. The first-order valence-corrected chi connectivity index (χ1v) is 6.85. The molecule has 2 aromatic rings. The lowest BCUT2D eigenvalue weighted by molar-refractivity contribution is 0.0785. The molecule has 2 rings (SSSR count). The van der Waals surface area contributed by atoms with E-state index in [1.807, 2.05) is 25.1 Å². The second-order valence-corrected chi connectivity index (χ2v) is 5.43. The van der Waals surface area contributed by atoms with Gasteiger partial charge in [-0.05, 0) is 24.6 Å². The third-order valence-electron chi connectivity index (χ3n) is 2.86. The van der Waals surface area contributed by atoms with Crippen LogP contribution in [0.3, 0.4) is 0 Å². The second-order valence-electron chi connectivity index (χ2n) is 4.65. The zero-order chi connectivity index (χ0) is 14.7. The quantitative estimate of drug-likeness (QED) is 0.804. The summed E-state index contributed by atoms with van der Waals surface area (Å²) in [5.41, 5.74) is 2.68. The summed E-state index contributed by atoms with van der Waals surface area (Å²) in [5.74, 6) is -0.141. The summed E-state index contributed by atoms with van der Waals surface area (Å²) in [6, 6.07) is 11.1. The second kappa shape index (κ2) is 6.25. The van der Waals surface area contributed by atoms with Crippen molar-refractivity contribution in [2.75, 3.05) is 7.05 Å². The fraction of sp³-hybridized carbons (Fsp3) is 0.200. The molecule has 3 nitrogen and oxygen atoms in total. The number of hydrogen-bond acceptors (Lipinski definition) is 2. The molecule has 1 amide bonds. The van der Waals surface area contributed by atoms with Crippen LogP contribution >= 0.6 is 23.2 Å². The Balaban J connectivity index is 2.16. The summed E-state index contributed by atoms with van der Waals surface area (Å²) in [5, 5.41) is 0.426. The van der Waals surface area contributed by atoms with E-state index in [4.69, 9.17) is 23.2 Å². The van der Waals surface area contributed by atoms with E-state index in [0.29, 0.717) is 12.1 Å². The molecule has 1 aromatic heterocycles. The number of halogens is 2. The van der Waals surface area contributed by atoms with Crippen LogP contribution in [-0.4, -0.2) is 22.8 Å². The molecule has 0 radical (unpaired) electrons. The van der Waals surface area contributed by atoms with E-state index < -0.39 is 0 Å². The van der Waals surface area contributed by atoms with Gasteiger partial charge >= 0.3 is 0 Å². The van der Waals surface area contributed by atoms with E-state index in [-0.39, 0.29) is 16.2 Å². The van der Waals surface area contributed by atoms with Crippen molar-refractivity contribution in [2.24, 2.45) is 0 Å². The first-order chi connectivity index (χ1) is 9.45. The van der Waals surface area contributed by atoms with Gasteiger partial charge in [0.15, 0.2) is 0 Å². The Bertz CT molecular complexity index is 623. The Hall–Kier alpha value is -1.58. The van der Waals surface area contributed by atoms with Crippen molar-refractivity contribution in [3.05, 3.63) is 63.4 Å². The highest BCUT2D eigenvalue weighted by molar-refractivity contribution is 6.33. The first kappa shape index (κ1) is 14.8. The van der Waals surface area contributed by atoms with Crippen LogP contribution in [0.5, 0.6) is 0 Å². The number of carbonyl (C=O) groups is 1. The Morgan fingerprint density at radius 1 is 1.20 bits per heavy atom. The molecule has 0 saturated heterocycles. The fourth-order valence-electron chi connectivity index (χ4n) is 1.96. The molecule has 5 heteroatoms. The van der Waals surface area contributed by atoms with Gasteiger partial charge in [-0.1, -0.05) is 53.0 Å². The van der Waals surface area contributed by atoms with Crippen molar-refractivity contribution in [3.63, 3.8) is 0 Å². The molecule has 0 saturated carbocycles. The molecule has 0 spiro atoms. The average Bonchev–Trinajstić information content (AvgIpc) is 2.36. The molecule has 1 heterocycles. The first-order valence-electron chi connectivity index (χ1n) is 6.10. The molecular formula is C15H14Cl2N2O. The van der Waals surface area contributed by atoms with E-state index in [2.05, 4.69) is 11.1 Å². The molecule has 0 N–H and O–H groups in total. The molecule has 0 aliphatic carbocycles. The van der Waals surface area contributed by atoms with Crippen LogP contribution in [0.15, 0.2) is 36.4 Å². The number of pyridine rings is 1. The smallest absolute Gasteiger partial charge is 0.254 e. The van der Waals surface area contributed by atoms with Crippen molar-refractivity contribution in [2.45, 2.75) is 13.5 Å². The van der Waals surface area contributed by atoms with Gasteiger partial charge in [0, 0.05) is 19.2 Å². The maximum atomic E-state index is 12.3. The molecule has 0 fully saturated rings. The van der Waals surface area contributed by atoms with Crippen LogP contribution < -0.4 is 0 Å². The Morgan fingerprint density at radius 2 is 1.85 bits per heavy atom. The normalized spacial score (nSPS) is 10.4. The third-order valence-corrected chi connectivity index (χ3v) is 3.25. The summed E-state index contributed by atoms with van der Waals surface area (Å²) in [6.45, 7) is 2.55. The molecule has 104 valence electrons. The number of carbonyl (C=O) groups excluding carboxylic acids is 1. The van der Waals surface area contributed by atoms with E-state index in [1.54, 1.807) is 11.9 Å². The minimum Gasteiger partial charge on any atom is -0.337 e. The summed E-state index contributed by atoms with van der Waals surface area (Å²) in [4.78, 5) is 17.8. The molecular weight excluding hydrogens is 295 g/mol. The number of aryl methyl sites for hydroxylation is 1. The van der Waals surface area contributed by atoms with Crippen molar-refractivity contribution in [3.8, 4) is 0 Å². The van der Waals surface area contributed by atoms with Crippen molar-refractivity contribution in [1.29, 1.82) is 0 Å². The number of benzene rings is 1. The highest BCUT2D eigenvalue weighted by Crippen LogP contribution is 2.17. The van der Waals surface area contributed by atoms with Gasteiger partial charge < -0.3 is 4.90 Å². The van der Waals surface area contributed by atoms with Gasteiger partial charge in [0.1, 0.15) is 10.3 Å². The lowest BCUT2D eigenvalue weighted by Crippen LogP contribution is -2.26. The van der Waals surface area contributed by atoms with Gasteiger partial charge in [-0.2, -0.15) is 0 Å². The predicted octanol–water partition coefficient (Wildman–Crippen LogP) is 3.97. The van der Waals surface area contributed by atoms with Gasteiger partial charge in [0.05, 0.1) is 0 Å². The molecule has 1 aromatic carbocycles. The SMILES string of the molecule is Cc1cccc(CN(C)C(=O)c2cc(Cl)nc(Cl)c2)c1. The molecule has 0 atom stereocenters. The van der Waals surface area contributed by atoms with E-state index in [0.717, 1.165) is 5.56 Å². The van der Waals surface area contributed by atoms with E-state index in [9.17, 15) is 4.79 Å². The number of amides is 1. The minimum absolute atomic E-state index is 0.141. The van der Waals surface area contributed by atoms with Crippen LogP contribution in [-0.2, 0) is 6.54 Å². The summed E-state index contributed by atoms with van der Waals surface area (Å²) in [6.07, 6.45) is 0. The van der Waals surface area contributed by atoms with Gasteiger partial charge in [0.2, 0.25) is 0 Å². The van der Waals surface area contributed by atoms with Crippen LogP contribution in [0.25, 0.3) is 0 Å². The predicted molar refractivity (Wildman–Crippen MR) is 81.2 cm³/mol. The van der Waals surface area contributed by atoms with E-state index in [1.165, 1.54) is 17.7 Å². The monoisotopic (exact) mass is 308 g/mol. The lowest BCUT2D eigenvalue weighted by atomic mass is 10.1. The lowest BCUT2D eigenvalue weighted by Gasteiger charge is -2.17. The standard InChI is InChI=1S/C15H14Cl2N2O/c1-10-4-3-5-11(6-10)9-19(2)15(20)12-7-13(16)18-14(17)8-12/h3-8H,9H2,1-2H3. The molecule has 20 heavy (non-hydrogen) atoms. The van der Waals surface area contributed by atoms with Gasteiger partial charge in [0.25, 0.3) is 5.91 Å². The number of nitrogens with zero attached hydrogens (tertiary/aromatic N) is 2. The minimum atomic E-state index is -0.141. The summed E-state index contributed by atoms with van der Waals surface area (Å²) >= 11 is 11.6. The van der Waals surface area contributed by atoms with Crippen molar-refractivity contribution >= 4 is 29.1 Å². The highest BCUT2D eigenvalue weighted by Gasteiger charge is 2.14. The molecule has 0 bridgehead atoms. The van der Waals surface area contributed by atoms with Gasteiger partial charge in [-0.15, -0.1) is 0 Å². The molecule has 0 unspecified atom stereocenters. The van der Waals surface area contributed by atoms with Crippen LogP contribution in [0.2, 0.25) is 10.3 Å². The zero-order valence-corrected chi connectivity index (χ0v) is 12.7. The largest absolute Gasteiger partial charge is 0.337 e. The summed E-state index contributed by atoms with van der Waals surface area (Å²) < 4.78 is 0. The topological polar surface area (TPSA) is 33.2 Å². The van der Waals surface area contributed by atoms with Crippen LogP contribution in [0, 0.1) is 6.92 Å². The summed E-state index contributed by atoms with van der Waals surface area (Å²) in [7, 11) is 1.74. The maximum absolute atomic E-state index is 12.3. The number of aromatic nitrogens is 1. The average molecular weight is 309 g/mol. The highest BCUT2D eigenvalue weighted by atomic mass is 35.5. The van der Waals surface area contributed by atoms with E-state index >= 15 is 0 Å². The van der Waals surface area contributed by atoms with Crippen molar-refractivity contribution in [1.82, 2.24) is 9.88 Å². The Labute approximate surface area is 128 Å². The number of hydrogen-bond donors (Lipinski definition) is 0. The zero-order valence-electron chi connectivity index (χ0n) is 11.2. The van der Waals surface area contributed by atoms with Gasteiger partial charge in [-0.3, -0.25) is 4.79 Å². The molecule has 0 aliphatic heterocycles. The fourth-order valence-corrected chi connectivity index (χ4v) is 2.43.